The molecule has 0 radical (unpaired) electrons. The molecule has 0 aliphatic carbocycles. The third-order valence-corrected chi connectivity index (χ3v) is 8.85. The standard InChI is InChI=1S/C29H30N2O6S2/c1-18-14-22(36-12-5-13-39(3,34)35)15-19(2)28(18)24-7-4-6-23-25(17-37-29(23)24)30-21-10-8-20(9-11-21)26-16-27(32)31-38(26)33/h4,6-11,14-16,25,30H,5,12-13,17H2,1-3H3,(H,31,32)/t25-,38?/m1/s1. The first-order valence-corrected chi connectivity index (χ1v) is 15.8. The van der Waals surface area contributed by atoms with Crippen LogP contribution in [0.3, 0.4) is 0 Å². The van der Waals surface area contributed by atoms with E-state index in [4.69, 9.17) is 9.47 Å². The summed E-state index contributed by atoms with van der Waals surface area (Å²) in [7, 11) is -4.53. The van der Waals surface area contributed by atoms with Crippen molar-refractivity contribution in [3.8, 4) is 22.6 Å². The van der Waals surface area contributed by atoms with E-state index in [1.54, 1.807) is 0 Å². The zero-order chi connectivity index (χ0) is 27.7. The summed E-state index contributed by atoms with van der Waals surface area (Å²) in [6, 6.07) is 17.5. The summed E-state index contributed by atoms with van der Waals surface area (Å²) in [5.41, 5.74) is 6.87. The average molecular weight is 567 g/mol. The maximum atomic E-state index is 12.0. The lowest BCUT2D eigenvalue weighted by atomic mass is 9.92. The van der Waals surface area contributed by atoms with Crippen LogP contribution in [-0.2, 0) is 25.6 Å². The molecule has 1 unspecified atom stereocenters. The number of hydrogen-bond acceptors (Lipinski definition) is 7. The van der Waals surface area contributed by atoms with Gasteiger partial charge in [-0.05, 0) is 66.8 Å². The van der Waals surface area contributed by atoms with Crippen molar-refractivity contribution in [2.24, 2.45) is 0 Å². The van der Waals surface area contributed by atoms with Crippen molar-refractivity contribution in [1.82, 2.24) is 4.72 Å². The van der Waals surface area contributed by atoms with E-state index in [0.717, 1.165) is 50.6 Å². The smallest absolute Gasteiger partial charge is 0.257 e. The van der Waals surface area contributed by atoms with Crippen molar-refractivity contribution in [1.29, 1.82) is 0 Å². The molecule has 0 saturated carbocycles. The Balaban J connectivity index is 1.32. The molecule has 0 bridgehead atoms. The fourth-order valence-corrected chi connectivity index (χ4v) is 6.53. The summed E-state index contributed by atoms with van der Waals surface area (Å²) in [5.74, 6) is 1.32. The number of hydrogen-bond donors (Lipinski definition) is 2. The second kappa shape index (κ2) is 10.9. The largest absolute Gasteiger partial charge is 0.494 e. The quantitative estimate of drug-likeness (QED) is 0.368. The predicted octanol–water partition coefficient (Wildman–Crippen LogP) is 4.46. The van der Waals surface area contributed by atoms with Crippen LogP contribution in [0, 0.1) is 13.8 Å². The van der Waals surface area contributed by atoms with Gasteiger partial charge in [0.15, 0.2) is 11.0 Å². The van der Waals surface area contributed by atoms with Gasteiger partial charge < -0.3 is 14.8 Å². The summed E-state index contributed by atoms with van der Waals surface area (Å²) in [6.45, 7) is 4.88. The molecule has 39 heavy (non-hydrogen) atoms. The average Bonchev–Trinajstić information content (AvgIpc) is 3.44. The van der Waals surface area contributed by atoms with E-state index in [9.17, 15) is 17.4 Å². The Hall–Kier alpha value is -3.63. The van der Waals surface area contributed by atoms with Gasteiger partial charge in [0, 0.05) is 29.1 Å². The third-order valence-electron chi connectivity index (χ3n) is 6.68. The second-order valence-corrected chi connectivity index (χ2v) is 13.3. The number of benzene rings is 3. The zero-order valence-corrected chi connectivity index (χ0v) is 23.6. The van der Waals surface area contributed by atoms with Crippen LogP contribution in [0.4, 0.5) is 5.69 Å². The number of ether oxygens (including phenoxy) is 2. The number of aryl methyl sites for hydroxylation is 2. The monoisotopic (exact) mass is 566 g/mol. The highest BCUT2D eigenvalue weighted by Gasteiger charge is 2.28. The van der Waals surface area contributed by atoms with E-state index < -0.39 is 20.8 Å². The molecule has 2 heterocycles. The Morgan fingerprint density at radius 2 is 1.82 bits per heavy atom. The lowest BCUT2D eigenvalue weighted by Gasteiger charge is -2.17. The van der Waals surface area contributed by atoms with Crippen LogP contribution in [0.5, 0.6) is 11.5 Å². The van der Waals surface area contributed by atoms with Crippen LogP contribution in [0.1, 0.15) is 34.7 Å². The summed E-state index contributed by atoms with van der Waals surface area (Å²) >= 11 is 0. The van der Waals surface area contributed by atoms with Gasteiger partial charge in [0.05, 0.1) is 23.3 Å². The Morgan fingerprint density at radius 3 is 2.46 bits per heavy atom. The van der Waals surface area contributed by atoms with Gasteiger partial charge in [-0.3, -0.25) is 9.52 Å². The Morgan fingerprint density at radius 1 is 1.10 bits per heavy atom. The van der Waals surface area contributed by atoms with E-state index >= 15 is 0 Å². The molecule has 10 heteroatoms. The van der Waals surface area contributed by atoms with E-state index in [-0.39, 0.29) is 17.7 Å². The summed E-state index contributed by atoms with van der Waals surface area (Å²) in [5, 5.41) is 3.53. The Kier molecular flexibility index (Phi) is 7.51. The molecule has 204 valence electrons. The van der Waals surface area contributed by atoms with E-state index in [2.05, 4.69) is 22.2 Å². The zero-order valence-electron chi connectivity index (χ0n) is 21.9. The molecule has 0 fully saturated rings. The van der Waals surface area contributed by atoms with Crippen LogP contribution in [0.25, 0.3) is 16.0 Å². The fourth-order valence-electron chi connectivity index (χ4n) is 4.98. The number of sulfone groups is 1. The number of carbonyl (C=O) groups excluding carboxylic acids is 1. The van der Waals surface area contributed by atoms with Gasteiger partial charge in [-0.25, -0.2) is 12.6 Å². The molecule has 2 atom stereocenters. The van der Waals surface area contributed by atoms with Gasteiger partial charge in [-0.1, -0.05) is 30.3 Å². The highest BCUT2D eigenvalue weighted by molar-refractivity contribution is 7.94. The molecular weight excluding hydrogens is 536 g/mol. The first kappa shape index (κ1) is 27.0. The minimum Gasteiger partial charge on any atom is -0.494 e. The number of para-hydroxylation sites is 1. The predicted molar refractivity (Wildman–Crippen MR) is 154 cm³/mol. The Bertz CT molecular complexity index is 1570. The normalized spacial score (nSPS) is 18.2. The number of anilines is 1. The molecule has 0 aromatic heterocycles. The molecule has 2 aliphatic rings. The minimum absolute atomic E-state index is 0.0491. The van der Waals surface area contributed by atoms with Crippen molar-refractivity contribution in [2.45, 2.75) is 26.3 Å². The molecule has 2 N–H and O–H groups in total. The number of fused-ring (bicyclic) bond motifs is 1. The molecule has 3 aromatic carbocycles. The highest BCUT2D eigenvalue weighted by atomic mass is 32.2. The van der Waals surface area contributed by atoms with Crippen molar-refractivity contribution in [2.75, 3.05) is 30.5 Å². The fraction of sp³-hybridized carbons (Fsp3) is 0.276. The molecule has 5 rings (SSSR count). The first-order valence-electron chi connectivity index (χ1n) is 12.6. The number of amides is 1. The molecule has 2 aliphatic heterocycles. The van der Waals surface area contributed by atoms with Gasteiger partial charge in [0.25, 0.3) is 5.91 Å². The molecule has 0 spiro atoms. The van der Waals surface area contributed by atoms with Gasteiger partial charge in [0.2, 0.25) is 0 Å². The van der Waals surface area contributed by atoms with Crippen LogP contribution >= 0.6 is 0 Å². The summed E-state index contributed by atoms with van der Waals surface area (Å²) in [6.07, 6.45) is 3.04. The van der Waals surface area contributed by atoms with Crippen molar-refractivity contribution >= 4 is 37.3 Å². The summed E-state index contributed by atoms with van der Waals surface area (Å²) < 4.78 is 49.2. The first-order chi connectivity index (χ1) is 18.6. The van der Waals surface area contributed by atoms with E-state index in [1.165, 1.54) is 12.3 Å². The van der Waals surface area contributed by atoms with E-state index in [0.29, 0.717) is 24.5 Å². The maximum Gasteiger partial charge on any atom is 0.257 e. The SMILES string of the molecule is Cc1cc(OCCCS(C)(=O)=O)cc(C)c1-c1cccc2c1OC[C@H]2Nc1ccc(C2=CC(=O)NS2=O)cc1. The van der Waals surface area contributed by atoms with Crippen LogP contribution in [-0.4, -0.2) is 43.8 Å². The third kappa shape index (κ3) is 6.02. The van der Waals surface area contributed by atoms with Gasteiger partial charge in [-0.15, -0.1) is 0 Å². The number of rotatable bonds is 9. The van der Waals surface area contributed by atoms with Crippen LogP contribution in [0.15, 0.2) is 60.7 Å². The molecule has 1 amide bonds. The molecular formula is C29H30N2O6S2. The second-order valence-electron chi connectivity index (χ2n) is 9.82. The van der Waals surface area contributed by atoms with Gasteiger partial charge >= 0.3 is 0 Å². The van der Waals surface area contributed by atoms with Gasteiger partial charge in [0.1, 0.15) is 27.9 Å². The molecule has 3 aromatic rings. The highest BCUT2D eigenvalue weighted by Crippen LogP contribution is 2.44. The van der Waals surface area contributed by atoms with Crippen molar-refractivity contribution in [3.63, 3.8) is 0 Å². The van der Waals surface area contributed by atoms with Crippen LogP contribution < -0.4 is 19.5 Å². The lowest BCUT2D eigenvalue weighted by Crippen LogP contribution is -2.16. The lowest BCUT2D eigenvalue weighted by molar-refractivity contribution is -0.114. The Labute approximate surface area is 230 Å². The molecule has 8 nitrogen and oxygen atoms in total. The van der Waals surface area contributed by atoms with Crippen molar-refractivity contribution < 1.29 is 26.9 Å². The van der Waals surface area contributed by atoms with Crippen molar-refractivity contribution in [3.05, 3.63) is 82.9 Å². The minimum atomic E-state index is -3.00. The van der Waals surface area contributed by atoms with Crippen LogP contribution in [0.2, 0.25) is 0 Å². The molecule has 0 saturated heterocycles. The summed E-state index contributed by atoms with van der Waals surface area (Å²) in [4.78, 5) is 12.0. The topological polar surface area (TPSA) is 111 Å². The van der Waals surface area contributed by atoms with E-state index in [1.807, 2.05) is 56.3 Å². The maximum absolute atomic E-state index is 12.0. The number of carbonyl (C=O) groups is 1. The number of nitrogens with one attached hydrogen (secondary N) is 2. The van der Waals surface area contributed by atoms with Gasteiger partial charge in [-0.2, -0.15) is 0 Å².